The molecule has 6 heteroatoms. The van der Waals surface area contributed by atoms with E-state index < -0.39 is 0 Å². The lowest BCUT2D eigenvalue weighted by molar-refractivity contribution is 0.266. The molecule has 0 spiro atoms. The number of piperidine rings is 1. The van der Waals surface area contributed by atoms with Crippen LogP contribution in [0, 0.1) is 5.92 Å². The van der Waals surface area contributed by atoms with Crippen molar-refractivity contribution in [3.63, 3.8) is 0 Å². The molecule has 1 heterocycles. The Hall–Kier alpha value is -1.18. The first-order valence-electron chi connectivity index (χ1n) is 8.84. The second-order valence-electron chi connectivity index (χ2n) is 6.46. The summed E-state index contributed by atoms with van der Waals surface area (Å²) >= 11 is 0. The van der Waals surface area contributed by atoms with Crippen LogP contribution in [-0.4, -0.2) is 51.8 Å². The van der Waals surface area contributed by atoms with Crippen molar-refractivity contribution in [2.24, 2.45) is 10.9 Å². The van der Waals surface area contributed by atoms with Crippen molar-refractivity contribution in [1.82, 2.24) is 10.2 Å². The first-order chi connectivity index (χ1) is 11.7. The molecule has 2 rings (SSSR count). The summed E-state index contributed by atoms with van der Waals surface area (Å²) in [5, 5.41) is 3.50. The van der Waals surface area contributed by atoms with Gasteiger partial charge in [0, 0.05) is 26.7 Å². The topological polar surface area (TPSA) is 46.1 Å². The summed E-state index contributed by atoms with van der Waals surface area (Å²) in [7, 11) is 5.21. The molecule has 1 saturated heterocycles. The predicted octanol–water partition coefficient (Wildman–Crippen LogP) is 3.56. The van der Waals surface area contributed by atoms with E-state index in [1.165, 1.54) is 18.4 Å². The van der Waals surface area contributed by atoms with E-state index >= 15 is 0 Å². The van der Waals surface area contributed by atoms with Gasteiger partial charge in [-0.3, -0.25) is 4.99 Å². The first kappa shape index (κ1) is 21.9. The van der Waals surface area contributed by atoms with Crippen LogP contribution in [0.5, 0.6) is 11.5 Å². The van der Waals surface area contributed by atoms with Crippen molar-refractivity contribution < 1.29 is 9.47 Å². The number of halogens is 1. The van der Waals surface area contributed by atoms with Crippen LogP contribution in [-0.2, 0) is 6.42 Å². The maximum absolute atomic E-state index is 5.36. The van der Waals surface area contributed by atoms with Crippen LogP contribution in [0.3, 0.4) is 0 Å². The maximum atomic E-state index is 5.36. The Morgan fingerprint density at radius 3 is 2.68 bits per heavy atom. The van der Waals surface area contributed by atoms with Gasteiger partial charge in [-0.2, -0.15) is 0 Å². The molecule has 142 valence electrons. The van der Waals surface area contributed by atoms with Gasteiger partial charge >= 0.3 is 0 Å². The number of nitrogens with zero attached hydrogens (tertiary/aromatic N) is 2. The number of rotatable bonds is 6. The van der Waals surface area contributed by atoms with Crippen LogP contribution in [0.1, 0.15) is 31.7 Å². The highest BCUT2D eigenvalue weighted by Gasteiger charge is 2.18. The minimum atomic E-state index is 0. The molecule has 25 heavy (non-hydrogen) atoms. The zero-order chi connectivity index (χ0) is 17.4. The van der Waals surface area contributed by atoms with Gasteiger partial charge in [0.2, 0.25) is 0 Å². The Labute approximate surface area is 169 Å². The van der Waals surface area contributed by atoms with Gasteiger partial charge in [0.15, 0.2) is 17.5 Å². The second kappa shape index (κ2) is 11.4. The predicted molar refractivity (Wildman–Crippen MR) is 115 cm³/mol. The molecule has 1 unspecified atom stereocenters. The summed E-state index contributed by atoms with van der Waals surface area (Å²) in [5.74, 6) is 3.36. The molecule has 0 aromatic heterocycles. The highest BCUT2D eigenvalue weighted by molar-refractivity contribution is 14.0. The molecule has 1 fully saturated rings. The van der Waals surface area contributed by atoms with Crippen molar-refractivity contribution in [2.45, 2.75) is 32.6 Å². The van der Waals surface area contributed by atoms with Gasteiger partial charge in [-0.05, 0) is 49.3 Å². The number of hydrogen-bond donors (Lipinski definition) is 1. The van der Waals surface area contributed by atoms with Crippen LogP contribution in [0.25, 0.3) is 0 Å². The number of aryl methyl sites for hydroxylation is 1. The molecular weight excluding hydrogens is 429 g/mol. The number of hydrogen-bond acceptors (Lipinski definition) is 3. The molecule has 1 aliphatic heterocycles. The standard InChI is InChI=1S/C19H31N3O2.HI/c1-15-7-6-12-22(14-15)19(20-2)21-11-5-8-16-9-10-17(23-3)18(13-16)24-4;/h9-10,13,15H,5-8,11-12,14H2,1-4H3,(H,20,21);1H. The fourth-order valence-corrected chi connectivity index (χ4v) is 3.24. The summed E-state index contributed by atoms with van der Waals surface area (Å²) in [5.41, 5.74) is 1.26. The number of aliphatic imine (C=N–C) groups is 1. The molecule has 5 nitrogen and oxygen atoms in total. The average molecular weight is 461 g/mol. The van der Waals surface area contributed by atoms with Gasteiger partial charge in [0.1, 0.15) is 0 Å². The van der Waals surface area contributed by atoms with Crippen LogP contribution in [0.2, 0.25) is 0 Å². The molecule has 0 bridgehead atoms. The van der Waals surface area contributed by atoms with Gasteiger partial charge in [-0.15, -0.1) is 24.0 Å². The lowest BCUT2D eigenvalue weighted by atomic mass is 10.0. The molecule has 1 aliphatic rings. The zero-order valence-corrected chi connectivity index (χ0v) is 18.2. The van der Waals surface area contributed by atoms with Gasteiger partial charge in [0.25, 0.3) is 0 Å². The van der Waals surface area contributed by atoms with Gasteiger partial charge < -0.3 is 19.7 Å². The van der Waals surface area contributed by atoms with Crippen LogP contribution < -0.4 is 14.8 Å². The van der Waals surface area contributed by atoms with Gasteiger partial charge in [-0.25, -0.2) is 0 Å². The van der Waals surface area contributed by atoms with E-state index in [2.05, 4.69) is 34.3 Å². The minimum Gasteiger partial charge on any atom is -0.493 e. The fourth-order valence-electron chi connectivity index (χ4n) is 3.24. The van der Waals surface area contributed by atoms with E-state index in [4.69, 9.17) is 9.47 Å². The number of benzene rings is 1. The zero-order valence-electron chi connectivity index (χ0n) is 15.9. The van der Waals surface area contributed by atoms with E-state index in [-0.39, 0.29) is 24.0 Å². The largest absolute Gasteiger partial charge is 0.493 e. The lowest BCUT2D eigenvalue weighted by Gasteiger charge is -2.33. The average Bonchev–Trinajstić information content (AvgIpc) is 2.61. The molecule has 1 N–H and O–H groups in total. The van der Waals surface area contributed by atoms with Crippen LogP contribution in [0.15, 0.2) is 23.2 Å². The summed E-state index contributed by atoms with van der Waals surface area (Å²) in [6.07, 6.45) is 4.64. The van der Waals surface area contributed by atoms with Crippen LogP contribution >= 0.6 is 24.0 Å². The molecule has 0 saturated carbocycles. The molecule has 0 amide bonds. The number of ether oxygens (including phenoxy) is 2. The Kier molecular flexibility index (Phi) is 10.0. The van der Waals surface area contributed by atoms with E-state index in [9.17, 15) is 0 Å². The van der Waals surface area contributed by atoms with Crippen molar-refractivity contribution in [3.05, 3.63) is 23.8 Å². The number of likely N-dealkylation sites (tertiary alicyclic amines) is 1. The molecule has 0 radical (unpaired) electrons. The monoisotopic (exact) mass is 461 g/mol. The first-order valence-corrected chi connectivity index (χ1v) is 8.84. The molecule has 0 aliphatic carbocycles. The summed E-state index contributed by atoms with van der Waals surface area (Å²) in [4.78, 5) is 6.82. The molecule has 1 aromatic carbocycles. The van der Waals surface area contributed by atoms with Crippen LogP contribution in [0.4, 0.5) is 0 Å². The Morgan fingerprint density at radius 2 is 2.04 bits per heavy atom. The van der Waals surface area contributed by atoms with Gasteiger partial charge in [-0.1, -0.05) is 13.0 Å². The minimum absolute atomic E-state index is 0. The second-order valence-corrected chi connectivity index (χ2v) is 6.46. The molecule has 1 aromatic rings. The maximum Gasteiger partial charge on any atom is 0.193 e. The third-order valence-corrected chi connectivity index (χ3v) is 4.54. The smallest absolute Gasteiger partial charge is 0.193 e. The highest BCUT2D eigenvalue weighted by atomic mass is 127. The van der Waals surface area contributed by atoms with E-state index in [0.29, 0.717) is 0 Å². The van der Waals surface area contributed by atoms with Crippen molar-refractivity contribution in [2.75, 3.05) is 40.9 Å². The Balaban J connectivity index is 0.00000312. The Bertz CT molecular complexity index is 551. The van der Waals surface area contributed by atoms with Crippen molar-refractivity contribution in [1.29, 1.82) is 0 Å². The SMILES string of the molecule is CN=C(NCCCc1ccc(OC)c(OC)c1)N1CCCC(C)C1.I. The molecular formula is C19H32IN3O2. The normalized spacial score (nSPS) is 17.7. The van der Waals surface area contributed by atoms with Crippen molar-refractivity contribution >= 4 is 29.9 Å². The lowest BCUT2D eigenvalue weighted by Crippen LogP contribution is -2.46. The summed E-state index contributed by atoms with van der Waals surface area (Å²) < 4.78 is 10.6. The quantitative estimate of drug-likeness (QED) is 0.305. The summed E-state index contributed by atoms with van der Waals surface area (Å²) in [6, 6.07) is 6.12. The van der Waals surface area contributed by atoms with Gasteiger partial charge in [0.05, 0.1) is 14.2 Å². The number of guanidine groups is 1. The third-order valence-electron chi connectivity index (χ3n) is 4.54. The highest BCUT2D eigenvalue weighted by Crippen LogP contribution is 2.27. The molecule has 1 atom stereocenters. The number of methoxy groups -OCH3 is 2. The Morgan fingerprint density at radius 1 is 1.28 bits per heavy atom. The van der Waals surface area contributed by atoms with Crippen molar-refractivity contribution in [3.8, 4) is 11.5 Å². The summed E-state index contributed by atoms with van der Waals surface area (Å²) in [6.45, 7) is 5.46. The van der Waals surface area contributed by atoms with E-state index in [1.54, 1.807) is 14.2 Å². The number of nitrogens with one attached hydrogen (secondary N) is 1. The van der Waals surface area contributed by atoms with E-state index in [1.807, 2.05) is 13.1 Å². The fraction of sp³-hybridized carbons (Fsp3) is 0.632. The third kappa shape index (κ3) is 6.56. The van der Waals surface area contributed by atoms with E-state index in [0.717, 1.165) is 55.9 Å².